The molecule has 0 radical (unpaired) electrons. The van der Waals surface area contributed by atoms with Crippen molar-refractivity contribution in [1.29, 1.82) is 0 Å². The first-order valence-electron chi connectivity index (χ1n) is 8.81. The first kappa shape index (κ1) is 18.2. The van der Waals surface area contributed by atoms with Crippen LogP contribution in [0.25, 0.3) is 5.70 Å². The van der Waals surface area contributed by atoms with Gasteiger partial charge in [0.15, 0.2) is 10.9 Å². The van der Waals surface area contributed by atoms with E-state index in [1.165, 1.54) is 28.9 Å². The Kier molecular flexibility index (Phi) is 4.86. The van der Waals surface area contributed by atoms with Gasteiger partial charge >= 0.3 is 5.88 Å². The fraction of sp³-hybridized carbons (Fsp3) is 0.278. The number of amidine groups is 1. The quantitative estimate of drug-likeness (QED) is 0.466. The molecule has 1 N–H and O–H groups in total. The number of rotatable bonds is 5. The average molecular weight is 399 g/mol. The van der Waals surface area contributed by atoms with Gasteiger partial charge in [-0.25, -0.2) is 10.0 Å². The molecule has 1 unspecified atom stereocenters. The Balaban J connectivity index is 1.82. The molecule has 1 atom stereocenters. The number of carbonyl (C=O) groups excluding carboxylic acids is 1. The second-order valence-electron chi connectivity index (χ2n) is 6.21. The molecule has 10 heteroatoms. The number of amides is 1. The van der Waals surface area contributed by atoms with E-state index in [1.807, 2.05) is 12.1 Å². The van der Waals surface area contributed by atoms with Crippen LogP contribution in [0.15, 0.2) is 50.9 Å². The smallest absolute Gasteiger partial charge is 0.401 e. The Bertz CT molecular complexity index is 1090. The minimum absolute atomic E-state index is 0.245. The van der Waals surface area contributed by atoms with Gasteiger partial charge in [-0.15, -0.1) is 5.10 Å². The number of para-hydroxylation sites is 1. The summed E-state index contributed by atoms with van der Waals surface area (Å²) in [4.78, 5) is 27.9. The van der Waals surface area contributed by atoms with E-state index in [1.54, 1.807) is 12.1 Å². The molecule has 2 aliphatic heterocycles. The van der Waals surface area contributed by atoms with Gasteiger partial charge < -0.3 is 4.42 Å². The minimum Gasteiger partial charge on any atom is -0.401 e. The first-order valence-corrected chi connectivity index (χ1v) is 9.80. The molecule has 1 amide bonds. The van der Waals surface area contributed by atoms with Crippen LogP contribution in [0.4, 0.5) is 5.88 Å². The standard InChI is InChI=1S/C18H17N5O4S/c1-2-3-10-28-18-20-17(24)15-11-6-4-5-7-12(11)19-16(22(15)21-18)13-8-9-14(27-13)23(25)26/h4-9,16H,2-3,10H2,1H3,(H,20,21,24). The van der Waals surface area contributed by atoms with Gasteiger partial charge in [-0.2, -0.15) is 0 Å². The van der Waals surface area contributed by atoms with Crippen LogP contribution in [0.1, 0.15) is 31.7 Å². The van der Waals surface area contributed by atoms with Crippen LogP contribution in [0.3, 0.4) is 0 Å². The highest BCUT2D eigenvalue weighted by molar-refractivity contribution is 8.13. The zero-order valence-electron chi connectivity index (χ0n) is 15.0. The average Bonchev–Trinajstić information content (AvgIpc) is 3.17. The highest BCUT2D eigenvalue weighted by atomic mass is 32.2. The number of unbranched alkanes of at least 4 members (excludes halogenated alkanes) is 1. The van der Waals surface area contributed by atoms with E-state index < -0.39 is 11.1 Å². The Hall–Kier alpha value is -3.14. The lowest BCUT2D eigenvalue weighted by Crippen LogP contribution is -2.50. The number of nitro groups is 1. The van der Waals surface area contributed by atoms with Gasteiger partial charge in [-0.1, -0.05) is 43.3 Å². The number of hydrazone groups is 1. The maximum Gasteiger partial charge on any atom is 0.433 e. The summed E-state index contributed by atoms with van der Waals surface area (Å²) < 4.78 is 5.36. The Labute approximate surface area is 164 Å². The van der Waals surface area contributed by atoms with E-state index >= 15 is 0 Å². The molecule has 0 saturated heterocycles. The second kappa shape index (κ2) is 7.47. The highest BCUT2D eigenvalue weighted by Crippen LogP contribution is 2.33. The zero-order chi connectivity index (χ0) is 19.7. The molecule has 9 nitrogen and oxygen atoms in total. The Morgan fingerprint density at radius 1 is 1.32 bits per heavy atom. The molecule has 2 aliphatic rings. The molecule has 3 heterocycles. The van der Waals surface area contributed by atoms with Gasteiger partial charge in [0.1, 0.15) is 10.6 Å². The Morgan fingerprint density at radius 2 is 2.14 bits per heavy atom. The number of hydrogen-bond acceptors (Lipinski definition) is 8. The van der Waals surface area contributed by atoms with Gasteiger partial charge in [-0.05, 0) is 18.6 Å². The summed E-state index contributed by atoms with van der Waals surface area (Å²) in [6.07, 6.45) is 1.24. The highest BCUT2D eigenvalue weighted by Gasteiger charge is 2.36. The largest absolute Gasteiger partial charge is 0.433 e. The lowest BCUT2D eigenvalue weighted by atomic mass is 10.1. The van der Waals surface area contributed by atoms with E-state index in [2.05, 4.69) is 22.3 Å². The molecule has 2 aromatic rings. The van der Waals surface area contributed by atoms with E-state index in [0.29, 0.717) is 21.4 Å². The van der Waals surface area contributed by atoms with Crippen molar-refractivity contribution in [2.24, 2.45) is 10.1 Å². The lowest BCUT2D eigenvalue weighted by Gasteiger charge is -2.32. The molecule has 0 aliphatic carbocycles. The molecule has 0 fully saturated rings. The number of nitrogens with zero attached hydrogens (tertiary/aromatic N) is 4. The van der Waals surface area contributed by atoms with Crippen molar-refractivity contribution in [3.05, 3.63) is 62.8 Å². The van der Waals surface area contributed by atoms with Gasteiger partial charge in [0.2, 0.25) is 6.17 Å². The van der Waals surface area contributed by atoms with E-state index in [9.17, 15) is 14.9 Å². The molecular weight excluding hydrogens is 382 g/mol. The molecule has 144 valence electrons. The van der Waals surface area contributed by atoms with Crippen molar-refractivity contribution in [2.75, 3.05) is 5.75 Å². The SMILES string of the molecule is CCCCSC1=NN2C(=c3ccccc3=NC2c2ccc([N+](=O)[O-])o2)C(=O)N1. The van der Waals surface area contributed by atoms with Crippen molar-refractivity contribution in [3.8, 4) is 0 Å². The van der Waals surface area contributed by atoms with Crippen LogP contribution in [0.2, 0.25) is 0 Å². The Morgan fingerprint density at radius 3 is 2.89 bits per heavy atom. The molecule has 0 spiro atoms. The van der Waals surface area contributed by atoms with Crippen molar-refractivity contribution >= 4 is 34.4 Å². The number of furan rings is 1. The molecule has 1 aromatic carbocycles. The van der Waals surface area contributed by atoms with E-state index in [-0.39, 0.29) is 17.6 Å². The first-order chi connectivity index (χ1) is 13.6. The number of fused-ring (bicyclic) bond motifs is 2. The zero-order valence-corrected chi connectivity index (χ0v) is 15.8. The normalized spacial score (nSPS) is 18.0. The maximum absolute atomic E-state index is 12.9. The van der Waals surface area contributed by atoms with Crippen LogP contribution < -0.4 is 15.9 Å². The molecular formula is C18H17N5O4S. The van der Waals surface area contributed by atoms with Crippen molar-refractivity contribution in [2.45, 2.75) is 25.9 Å². The lowest BCUT2D eigenvalue weighted by molar-refractivity contribution is -0.402. The van der Waals surface area contributed by atoms with Crippen LogP contribution in [0, 0.1) is 10.1 Å². The minimum atomic E-state index is -0.800. The van der Waals surface area contributed by atoms with Gasteiger partial charge in [-0.3, -0.25) is 20.2 Å². The maximum atomic E-state index is 12.9. The molecule has 0 bridgehead atoms. The van der Waals surface area contributed by atoms with E-state index in [0.717, 1.165) is 18.6 Å². The van der Waals surface area contributed by atoms with Crippen molar-refractivity contribution in [3.63, 3.8) is 0 Å². The van der Waals surface area contributed by atoms with Crippen LogP contribution in [-0.2, 0) is 4.79 Å². The summed E-state index contributed by atoms with van der Waals surface area (Å²) in [5.74, 6) is 0.398. The van der Waals surface area contributed by atoms with Crippen LogP contribution in [-0.4, -0.2) is 26.8 Å². The molecule has 4 rings (SSSR count). The van der Waals surface area contributed by atoms with Crippen molar-refractivity contribution in [1.82, 2.24) is 10.3 Å². The van der Waals surface area contributed by atoms with Crippen LogP contribution >= 0.6 is 11.8 Å². The fourth-order valence-corrected chi connectivity index (χ4v) is 3.91. The summed E-state index contributed by atoms with van der Waals surface area (Å²) in [6, 6.07) is 9.98. The van der Waals surface area contributed by atoms with E-state index in [4.69, 9.17) is 4.42 Å². The van der Waals surface area contributed by atoms with Gasteiger partial charge in [0, 0.05) is 11.0 Å². The fourth-order valence-electron chi connectivity index (χ4n) is 2.97. The number of carbonyl (C=O) groups is 1. The van der Waals surface area contributed by atoms with Gasteiger partial charge in [0.05, 0.1) is 11.4 Å². The summed E-state index contributed by atoms with van der Waals surface area (Å²) >= 11 is 1.45. The third-order valence-corrected chi connectivity index (χ3v) is 5.25. The molecule has 1 aromatic heterocycles. The van der Waals surface area contributed by atoms with Gasteiger partial charge in [0.25, 0.3) is 5.91 Å². The molecule has 28 heavy (non-hydrogen) atoms. The third kappa shape index (κ3) is 3.26. The number of thioether (sulfide) groups is 1. The predicted molar refractivity (Wildman–Crippen MR) is 104 cm³/mol. The van der Waals surface area contributed by atoms with Crippen molar-refractivity contribution < 1.29 is 14.1 Å². The number of hydrogen-bond donors (Lipinski definition) is 1. The summed E-state index contributed by atoms with van der Waals surface area (Å²) in [6.45, 7) is 2.09. The summed E-state index contributed by atoms with van der Waals surface area (Å²) in [7, 11) is 0. The number of nitrogens with one attached hydrogen (secondary N) is 1. The summed E-state index contributed by atoms with van der Waals surface area (Å²) in [5, 5.41) is 21.6. The monoisotopic (exact) mass is 399 g/mol. The predicted octanol–water partition coefficient (Wildman–Crippen LogP) is 1.86. The van der Waals surface area contributed by atoms with Crippen LogP contribution in [0.5, 0.6) is 0 Å². The number of benzene rings is 1. The molecule has 0 saturated carbocycles. The topological polar surface area (TPSA) is 113 Å². The third-order valence-electron chi connectivity index (χ3n) is 4.30. The summed E-state index contributed by atoms with van der Waals surface area (Å²) in [5.41, 5.74) is 0.342. The second-order valence-corrected chi connectivity index (χ2v) is 7.29.